The smallest absolute Gasteiger partial charge is 0.290 e. The minimum absolute atomic E-state index is 0. The van der Waals surface area contributed by atoms with E-state index in [2.05, 4.69) is 5.32 Å². The first kappa shape index (κ1) is 21.5. The Balaban J connectivity index is 0.00000261. The third-order valence-electron chi connectivity index (χ3n) is 4.89. The quantitative estimate of drug-likeness (QED) is 0.786. The fraction of sp³-hybridized carbons (Fsp3) is 0.474. The van der Waals surface area contributed by atoms with Crippen molar-refractivity contribution in [2.45, 2.75) is 38.6 Å². The number of furan rings is 1. The van der Waals surface area contributed by atoms with E-state index in [1.165, 1.54) is 0 Å². The van der Waals surface area contributed by atoms with Gasteiger partial charge in [0.05, 0.1) is 0 Å². The zero-order valence-electron chi connectivity index (χ0n) is 15.3. The molecule has 0 aliphatic carbocycles. The highest BCUT2D eigenvalue weighted by Gasteiger charge is 2.31. The lowest BCUT2D eigenvalue weighted by molar-refractivity contribution is -0.121. The highest BCUT2D eigenvalue weighted by molar-refractivity contribution is 6.31. The number of rotatable bonds is 5. The number of hydrogen-bond donors (Lipinski definition) is 2. The van der Waals surface area contributed by atoms with E-state index in [1.54, 1.807) is 12.1 Å². The number of halogens is 2. The molecule has 148 valence electrons. The van der Waals surface area contributed by atoms with Gasteiger partial charge in [-0.3, -0.25) is 9.59 Å². The summed E-state index contributed by atoms with van der Waals surface area (Å²) < 4.78 is 5.83. The summed E-state index contributed by atoms with van der Waals surface area (Å²) in [6.07, 6.45) is 3.14. The van der Waals surface area contributed by atoms with E-state index in [0.29, 0.717) is 42.4 Å². The van der Waals surface area contributed by atoms with Gasteiger partial charge in [0.2, 0.25) is 5.91 Å². The van der Waals surface area contributed by atoms with Gasteiger partial charge in [-0.15, -0.1) is 12.4 Å². The van der Waals surface area contributed by atoms with E-state index in [1.807, 2.05) is 17.9 Å². The van der Waals surface area contributed by atoms with Crippen molar-refractivity contribution in [3.63, 3.8) is 0 Å². The van der Waals surface area contributed by atoms with Crippen molar-refractivity contribution in [3.8, 4) is 0 Å². The normalized spacial score (nSPS) is 16.9. The van der Waals surface area contributed by atoms with Crippen molar-refractivity contribution < 1.29 is 14.0 Å². The molecule has 0 spiro atoms. The van der Waals surface area contributed by atoms with Crippen LogP contribution in [0.5, 0.6) is 0 Å². The zero-order valence-corrected chi connectivity index (χ0v) is 16.9. The Morgan fingerprint density at radius 3 is 2.89 bits per heavy atom. The number of carbonyl (C=O) groups is 2. The molecule has 1 fully saturated rings. The molecular formula is C19H25Cl2N3O3. The van der Waals surface area contributed by atoms with Crippen molar-refractivity contribution in [2.75, 3.05) is 19.6 Å². The lowest BCUT2D eigenvalue weighted by Gasteiger charge is -2.35. The van der Waals surface area contributed by atoms with Crippen LogP contribution in [0, 0.1) is 6.92 Å². The third-order valence-corrected chi connectivity index (χ3v) is 5.12. The van der Waals surface area contributed by atoms with Gasteiger partial charge in [-0.05, 0) is 44.4 Å². The standard InChI is InChI=1S/C19H24ClN3O3.ClH/c1-12-15-10-13(20)5-6-16(15)26-18(12)19(25)23-9-3-2-4-14(23)11-22-17(24)7-8-21;/h5-6,10,14H,2-4,7-9,11,21H2,1H3,(H,22,24);1H. The monoisotopic (exact) mass is 413 g/mol. The summed E-state index contributed by atoms with van der Waals surface area (Å²) >= 11 is 6.06. The van der Waals surface area contributed by atoms with Crippen molar-refractivity contribution in [3.05, 3.63) is 34.5 Å². The molecule has 1 atom stereocenters. The van der Waals surface area contributed by atoms with Gasteiger partial charge in [0.25, 0.3) is 5.91 Å². The van der Waals surface area contributed by atoms with Gasteiger partial charge in [-0.2, -0.15) is 0 Å². The number of piperidine rings is 1. The summed E-state index contributed by atoms with van der Waals surface area (Å²) in [5.41, 5.74) is 6.85. The van der Waals surface area contributed by atoms with Crippen LogP contribution in [0.1, 0.15) is 41.8 Å². The molecular weight excluding hydrogens is 389 g/mol. The summed E-state index contributed by atoms with van der Waals surface area (Å²) in [6, 6.07) is 5.31. The van der Waals surface area contributed by atoms with Crippen LogP contribution in [-0.4, -0.2) is 42.4 Å². The van der Waals surface area contributed by atoms with Crippen LogP contribution >= 0.6 is 24.0 Å². The van der Waals surface area contributed by atoms with Crippen LogP contribution in [-0.2, 0) is 4.79 Å². The largest absolute Gasteiger partial charge is 0.451 e. The molecule has 1 aromatic heterocycles. The van der Waals surface area contributed by atoms with E-state index < -0.39 is 0 Å². The predicted octanol–water partition coefficient (Wildman–Crippen LogP) is 3.28. The molecule has 2 aromatic rings. The molecule has 0 bridgehead atoms. The minimum Gasteiger partial charge on any atom is -0.451 e. The zero-order chi connectivity index (χ0) is 18.7. The molecule has 3 N–H and O–H groups in total. The average molecular weight is 414 g/mol. The number of aryl methyl sites for hydroxylation is 1. The predicted molar refractivity (Wildman–Crippen MR) is 109 cm³/mol. The number of hydrogen-bond acceptors (Lipinski definition) is 4. The van der Waals surface area contributed by atoms with Crippen LogP contribution < -0.4 is 11.1 Å². The van der Waals surface area contributed by atoms with E-state index in [9.17, 15) is 9.59 Å². The maximum absolute atomic E-state index is 13.1. The average Bonchev–Trinajstić information content (AvgIpc) is 2.96. The topological polar surface area (TPSA) is 88.6 Å². The number of nitrogens with two attached hydrogens (primary N) is 1. The number of carbonyl (C=O) groups excluding carboxylic acids is 2. The number of likely N-dealkylation sites (tertiary alicyclic amines) is 1. The Kier molecular flexibility index (Phi) is 7.53. The van der Waals surface area contributed by atoms with Gasteiger partial charge in [0.1, 0.15) is 5.58 Å². The molecule has 1 aliphatic rings. The summed E-state index contributed by atoms with van der Waals surface area (Å²) in [6.45, 7) is 3.29. The minimum atomic E-state index is -0.132. The molecule has 2 heterocycles. The first-order chi connectivity index (χ1) is 12.5. The van der Waals surface area contributed by atoms with Gasteiger partial charge in [-0.25, -0.2) is 0 Å². The molecule has 1 aliphatic heterocycles. The highest BCUT2D eigenvalue weighted by atomic mass is 35.5. The number of benzene rings is 1. The molecule has 0 radical (unpaired) electrons. The molecule has 6 nitrogen and oxygen atoms in total. The molecule has 3 rings (SSSR count). The Morgan fingerprint density at radius 2 is 2.15 bits per heavy atom. The highest BCUT2D eigenvalue weighted by Crippen LogP contribution is 2.30. The second kappa shape index (κ2) is 9.44. The van der Waals surface area contributed by atoms with Crippen LogP contribution in [0.4, 0.5) is 0 Å². The van der Waals surface area contributed by atoms with Gasteiger partial charge in [-0.1, -0.05) is 11.6 Å². The van der Waals surface area contributed by atoms with Crippen LogP contribution in [0.25, 0.3) is 11.0 Å². The fourth-order valence-corrected chi connectivity index (χ4v) is 3.63. The number of fused-ring (bicyclic) bond motifs is 1. The molecule has 2 amide bonds. The van der Waals surface area contributed by atoms with Crippen molar-refractivity contribution >= 4 is 46.8 Å². The third kappa shape index (κ3) is 4.75. The Labute approximate surface area is 169 Å². The van der Waals surface area contributed by atoms with Crippen molar-refractivity contribution in [2.24, 2.45) is 5.73 Å². The second-order valence-electron chi connectivity index (χ2n) is 6.69. The Bertz CT molecular complexity index is 822. The van der Waals surface area contributed by atoms with Gasteiger partial charge in [0, 0.05) is 48.1 Å². The van der Waals surface area contributed by atoms with Gasteiger partial charge < -0.3 is 20.4 Å². The molecule has 0 saturated carbocycles. The van der Waals surface area contributed by atoms with Crippen molar-refractivity contribution in [1.29, 1.82) is 0 Å². The van der Waals surface area contributed by atoms with E-state index in [0.717, 1.165) is 30.2 Å². The molecule has 27 heavy (non-hydrogen) atoms. The van der Waals surface area contributed by atoms with Crippen LogP contribution in [0.3, 0.4) is 0 Å². The molecule has 8 heteroatoms. The molecule has 1 aromatic carbocycles. The maximum atomic E-state index is 13.1. The summed E-state index contributed by atoms with van der Waals surface area (Å²) in [5, 5.41) is 4.34. The van der Waals surface area contributed by atoms with Crippen LogP contribution in [0.15, 0.2) is 22.6 Å². The molecule has 1 saturated heterocycles. The van der Waals surface area contributed by atoms with E-state index >= 15 is 0 Å². The summed E-state index contributed by atoms with van der Waals surface area (Å²) in [5.74, 6) is 0.134. The summed E-state index contributed by atoms with van der Waals surface area (Å²) in [4.78, 5) is 26.7. The first-order valence-corrected chi connectivity index (χ1v) is 9.35. The van der Waals surface area contributed by atoms with E-state index in [-0.39, 0.29) is 30.3 Å². The number of nitrogens with one attached hydrogen (secondary N) is 1. The van der Waals surface area contributed by atoms with Gasteiger partial charge in [0.15, 0.2) is 5.76 Å². The van der Waals surface area contributed by atoms with Crippen LogP contribution in [0.2, 0.25) is 5.02 Å². The number of nitrogens with zero attached hydrogens (tertiary/aromatic N) is 1. The summed E-state index contributed by atoms with van der Waals surface area (Å²) in [7, 11) is 0. The lowest BCUT2D eigenvalue weighted by Crippen LogP contribution is -2.49. The lowest BCUT2D eigenvalue weighted by atomic mass is 10.0. The SMILES string of the molecule is Cc1c(C(=O)N2CCCCC2CNC(=O)CCN)oc2ccc(Cl)cc12.Cl. The number of amides is 2. The van der Waals surface area contributed by atoms with Crippen molar-refractivity contribution in [1.82, 2.24) is 10.2 Å². The van der Waals surface area contributed by atoms with Gasteiger partial charge >= 0.3 is 0 Å². The van der Waals surface area contributed by atoms with E-state index in [4.69, 9.17) is 21.8 Å². The second-order valence-corrected chi connectivity index (χ2v) is 7.12. The Hall–Kier alpha value is -1.76. The first-order valence-electron chi connectivity index (χ1n) is 8.97. The fourth-order valence-electron chi connectivity index (χ4n) is 3.46. The maximum Gasteiger partial charge on any atom is 0.290 e. The molecule has 1 unspecified atom stereocenters. The Morgan fingerprint density at radius 1 is 1.37 bits per heavy atom.